The number of amides is 1. The van der Waals surface area contributed by atoms with Gasteiger partial charge in [0.25, 0.3) is 5.91 Å². The number of aromatic nitrogens is 3. The molecule has 1 saturated heterocycles. The van der Waals surface area contributed by atoms with Gasteiger partial charge in [0.15, 0.2) is 0 Å². The van der Waals surface area contributed by atoms with Crippen molar-refractivity contribution in [3.8, 4) is 0 Å². The number of rotatable bonds is 4. The summed E-state index contributed by atoms with van der Waals surface area (Å²) in [6.07, 6.45) is 11.4. The predicted molar refractivity (Wildman–Crippen MR) is 117 cm³/mol. The first kappa shape index (κ1) is 19.2. The molecule has 31 heavy (non-hydrogen) atoms. The molecule has 5 rings (SSSR count). The number of hydrogen-bond acceptors (Lipinski definition) is 9. The molecule has 10 nitrogen and oxygen atoms in total. The largest absolute Gasteiger partial charge is 0.378 e. The van der Waals surface area contributed by atoms with Crippen LogP contribution in [0, 0.1) is 5.92 Å². The van der Waals surface area contributed by atoms with Gasteiger partial charge >= 0.3 is 0 Å². The Morgan fingerprint density at radius 1 is 1.16 bits per heavy atom. The van der Waals surface area contributed by atoms with E-state index >= 15 is 0 Å². The quantitative estimate of drug-likeness (QED) is 0.675. The van der Waals surface area contributed by atoms with Gasteiger partial charge in [-0.1, -0.05) is 6.08 Å². The number of carbonyl (C=O) groups excluding carboxylic acids is 1. The van der Waals surface area contributed by atoms with E-state index in [2.05, 4.69) is 47.8 Å². The maximum atomic E-state index is 12.8. The van der Waals surface area contributed by atoms with Crippen molar-refractivity contribution in [3.05, 3.63) is 54.3 Å². The minimum Gasteiger partial charge on any atom is -0.378 e. The fourth-order valence-corrected chi connectivity index (χ4v) is 3.88. The van der Waals surface area contributed by atoms with Crippen LogP contribution in [0.1, 0.15) is 12.0 Å². The molecule has 2 aromatic heterocycles. The Kier molecular flexibility index (Phi) is 5.04. The maximum absolute atomic E-state index is 12.8. The molecule has 4 N–H and O–H groups in total. The molecule has 158 valence electrons. The number of pyridine rings is 1. The number of nitrogens with zero attached hydrogens (tertiary/aromatic N) is 5. The van der Waals surface area contributed by atoms with Crippen LogP contribution >= 0.6 is 0 Å². The van der Waals surface area contributed by atoms with E-state index < -0.39 is 0 Å². The average molecular weight is 418 g/mol. The van der Waals surface area contributed by atoms with Crippen molar-refractivity contribution < 1.29 is 9.53 Å². The number of allylic oxidation sites excluding steroid dienone is 4. The first-order valence-electron chi connectivity index (χ1n) is 10.1. The highest BCUT2D eigenvalue weighted by atomic mass is 16.5. The predicted octanol–water partition coefficient (Wildman–Crippen LogP) is 1.18. The summed E-state index contributed by atoms with van der Waals surface area (Å²) in [5.41, 5.74) is 13.5. The molecule has 2 aromatic rings. The van der Waals surface area contributed by atoms with Gasteiger partial charge in [0.1, 0.15) is 5.71 Å². The van der Waals surface area contributed by atoms with Crippen molar-refractivity contribution in [2.45, 2.75) is 6.42 Å². The lowest BCUT2D eigenvalue weighted by Crippen LogP contribution is -2.36. The van der Waals surface area contributed by atoms with E-state index in [0.717, 1.165) is 48.8 Å². The molecule has 1 unspecified atom stereocenters. The third-order valence-corrected chi connectivity index (χ3v) is 5.53. The molecule has 0 saturated carbocycles. The van der Waals surface area contributed by atoms with Crippen LogP contribution in [-0.4, -0.2) is 52.9 Å². The number of hydrogen-bond donors (Lipinski definition) is 3. The lowest BCUT2D eigenvalue weighted by molar-refractivity contribution is -0.110. The molecule has 0 bridgehead atoms. The molecule has 2 aliphatic heterocycles. The fourth-order valence-electron chi connectivity index (χ4n) is 3.88. The van der Waals surface area contributed by atoms with Gasteiger partial charge in [-0.2, -0.15) is 5.10 Å². The number of carbonyl (C=O) groups is 1. The third-order valence-electron chi connectivity index (χ3n) is 5.53. The Hall–Kier alpha value is -3.79. The van der Waals surface area contributed by atoms with Gasteiger partial charge in [-0.25, -0.2) is 9.97 Å². The maximum Gasteiger partial charge on any atom is 0.272 e. The number of ether oxygens (including phenoxy) is 1. The summed E-state index contributed by atoms with van der Waals surface area (Å²) in [5, 5.41) is 7.05. The Labute approximate surface area is 178 Å². The Balaban J connectivity index is 1.32. The summed E-state index contributed by atoms with van der Waals surface area (Å²) in [7, 11) is 0. The lowest BCUT2D eigenvalue weighted by Gasteiger charge is -2.29. The van der Waals surface area contributed by atoms with Crippen LogP contribution in [0.15, 0.2) is 53.8 Å². The zero-order valence-electron chi connectivity index (χ0n) is 16.8. The number of nitrogens with one attached hydrogen (secondary N) is 2. The number of anilines is 3. The normalized spacial score (nSPS) is 20.2. The SMILES string of the molecule is Nc1ncc(NC(=O)C2=NNC3=CC=C(c4cncc(N5CCOCC5)c4)CC32)cn1. The van der Waals surface area contributed by atoms with Gasteiger partial charge < -0.3 is 20.7 Å². The van der Waals surface area contributed by atoms with Crippen molar-refractivity contribution in [2.24, 2.45) is 11.0 Å². The highest BCUT2D eigenvalue weighted by Gasteiger charge is 2.34. The second kappa shape index (κ2) is 8.15. The zero-order valence-corrected chi connectivity index (χ0v) is 16.8. The first-order valence-corrected chi connectivity index (χ1v) is 10.1. The number of fused-ring (bicyclic) bond motifs is 1. The molecule has 0 spiro atoms. The van der Waals surface area contributed by atoms with E-state index in [4.69, 9.17) is 10.5 Å². The second-order valence-electron chi connectivity index (χ2n) is 7.49. The standard InChI is InChI=1S/C21H22N8O2/c22-21-24-10-15(11-25-21)26-20(30)19-17-8-13(1-2-18(17)27-28-19)14-7-16(12-23-9-14)29-3-5-31-6-4-29/h1-2,7,9-12,17,27H,3-6,8H2,(H,26,30)(H2,22,24,25). The number of morpholine rings is 1. The summed E-state index contributed by atoms with van der Waals surface area (Å²) >= 11 is 0. The molecular formula is C21H22N8O2. The molecule has 1 amide bonds. The Bertz CT molecular complexity index is 1090. The van der Waals surface area contributed by atoms with Crippen LogP contribution < -0.4 is 21.4 Å². The monoisotopic (exact) mass is 418 g/mol. The van der Waals surface area contributed by atoms with E-state index in [1.807, 2.05) is 18.5 Å². The molecule has 3 aliphatic rings. The van der Waals surface area contributed by atoms with E-state index in [-0.39, 0.29) is 17.8 Å². The van der Waals surface area contributed by atoms with E-state index in [1.54, 1.807) is 0 Å². The molecule has 0 aromatic carbocycles. The smallest absolute Gasteiger partial charge is 0.272 e. The van der Waals surface area contributed by atoms with Gasteiger partial charge in [0, 0.05) is 25.0 Å². The van der Waals surface area contributed by atoms with Crippen molar-refractivity contribution in [3.63, 3.8) is 0 Å². The first-order chi connectivity index (χ1) is 15.2. The van der Waals surface area contributed by atoms with Gasteiger partial charge in [0.2, 0.25) is 5.95 Å². The second-order valence-corrected chi connectivity index (χ2v) is 7.49. The van der Waals surface area contributed by atoms with Crippen LogP contribution in [0.2, 0.25) is 0 Å². The zero-order chi connectivity index (χ0) is 21.2. The molecule has 1 aliphatic carbocycles. The summed E-state index contributed by atoms with van der Waals surface area (Å²) in [6.45, 7) is 3.15. The van der Waals surface area contributed by atoms with Gasteiger partial charge in [-0.05, 0) is 29.7 Å². The van der Waals surface area contributed by atoms with Gasteiger partial charge in [-0.3, -0.25) is 15.2 Å². The average Bonchev–Trinajstić information content (AvgIpc) is 3.25. The van der Waals surface area contributed by atoms with Crippen LogP contribution in [0.25, 0.3) is 5.57 Å². The van der Waals surface area contributed by atoms with E-state index in [9.17, 15) is 4.79 Å². The topological polar surface area (TPSA) is 131 Å². The fraction of sp³-hybridized carbons (Fsp3) is 0.286. The van der Waals surface area contributed by atoms with Crippen molar-refractivity contribution in [1.82, 2.24) is 20.4 Å². The molecule has 4 heterocycles. The van der Waals surface area contributed by atoms with Crippen molar-refractivity contribution >= 4 is 34.5 Å². The summed E-state index contributed by atoms with van der Waals surface area (Å²) in [4.78, 5) is 27.3. The molecule has 0 radical (unpaired) electrons. The highest BCUT2D eigenvalue weighted by Crippen LogP contribution is 2.34. The molecule has 1 fully saturated rings. The molecular weight excluding hydrogens is 396 g/mol. The van der Waals surface area contributed by atoms with Crippen molar-refractivity contribution in [2.75, 3.05) is 42.3 Å². The summed E-state index contributed by atoms with van der Waals surface area (Å²) in [6, 6.07) is 2.15. The molecule has 10 heteroatoms. The Morgan fingerprint density at radius 2 is 1.97 bits per heavy atom. The van der Waals surface area contributed by atoms with Crippen molar-refractivity contribution in [1.29, 1.82) is 0 Å². The minimum atomic E-state index is -0.296. The minimum absolute atomic E-state index is 0.151. The summed E-state index contributed by atoms with van der Waals surface area (Å²) < 4.78 is 5.44. The van der Waals surface area contributed by atoms with Gasteiger partial charge in [0.05, 0.1) is 49.1 Å². The summed E-state index contributed by atoms with van der Waals surface area (Å²) in [5.74, 6) is -0.296. The number of hydrazone groups is 1. The van der Waals surface area contributed by atoms with Crippen LogP contribution in [0.5, 0.6) is 0 Å². The van der Waals surface area contributed by atoms with Gasteiger partial charge in [-0.15, -0.1) is 0 Å². The van der Waals surface area contributed by atoms with E-state index in [0.29, 0.717) is 17.8 Å². The number of nitrogens with two attached hydrogens (primary N) is 1. The highest BCUT2D eigenvalue weighted by molar-refractivity contribution is 6.44. The molecule has 1 atom stereocenters. The van der Waals surface area contributed by atoms with E-state index in [1.165, 1.54) is 12.4 Å². The number of nitrogen functional groups attached to an aromatic ring is 1. The lowest BCUT2D eigenvalue weighted by atomic mass is 9.85. The van der Waals surface area contributed by atoms with Crippen LogP contribution in [0.4, 0.5) is 17.3 Å². The third kappa shape index (κ3) is 3.97. The van der Waals surface area contributed by atoms with Crippen LogP contribution in [0.3, 0.4) is 0 Å². The Morgan fingerprint density at radius 3 is 2.77 bits per heavy atom. The van der Waals surface area contributed by atoms with Crippen LogP contribution in [-0.2, 0) is 9.53 Å².